The Morgan fingerprint density at radius 2 is 1.66 bits per heavy atom. The summed E-state index contributed by atoms with van der Waals surface area (Å²) in [4.78, 5) is 19.6. The van der Waals surface area contributed by atoms with Crippen molar-refractivity contribution in [3.63, 3.8) is 0 Å². The molecule has 2 aromatic heterocycles. The van der Waals surface area contributed by atoms with Crippen LogP contribution in [0.4, 0.5) is 0 Å². The van der Waals surface area contributed by atoms with E-state index in [1.54, 1.807) is 0 Å². The number of rotatable bonds is 3. The van der Waals surface area contributed by atoms with Crippen molar-refractivity contribution in [2.24, 2.45) is 0 Å². The van der Waals surface area contributed by atoms with Gasteiger partial charge in [0.15, 0.2) is 5.78 Å². The van der Waals surface area contributed by atoms with Gasteiger partial charge in [-0.15, -0.1) is 34.9 Å². The van der Waals surface area contributed by atoms with E-state index in [9.17, 15) is 4.79 Å². The van der Waals surface area contributed by atoms with Crippen LogP contribution in [-0.4, -0.2) is 28.9 Å². The van der Waals surface area contributed by atoms with Gasteiger partial charge in [0.1, 0.15) is 0 Å². The van der Waals surface area contributed by atoms with Gasteiger partial charge in [-0.3, -0.25) is 9.78 Å². The van der Waals surface area contributed by atoms with Gasteiger partial charge in [-0.25, -0.2) is 0 Å². The summed E-state index contributed by atoms with van der Waals surface area (Å²) in [6, 6.07) is 14.4. The van der Waals surface area contributed by atoms with Gasteiger partial charge in [0.25, 0.3) is 0 Å². The third kappa shape index (κ3) is 6.72. The second kappa shape index (κ2) is 11.4. The van der Waals surface area contributed by atoms with Gasteiger partial charge in [0.2, 0.25) is 0 Å². The zero-order chi connectivity index (χ0) is 25.2. The van der Waals surface area contributed by atoms with E-state index in [0.717, 1.165) is 27.7 Å². The number of aryl methyl sites for hydroxylation is 3. The minimum absolute atomic E-state index is 0. The molecule has 0 aliphatic carbocycles. The molecule has 4 aromatic rings. The van der Waals surface area contributed by atoms with Crippen LogP contribution in [0, 0.1) is 26.8 Å². The summed E-state index contributed by atoms with van der Waals surface area (Å²) in [6.45, 7) is 16.4. The number of carbonyl (C=O) groups is 1. The van der Waals surface area contributed by atoms with Gasteiger partial charge < -0.3 is 10.1 Å². The SMILES string of the molecule is CC(=O)/C=C(/C)O.Cc1[c-]c(-c2nccc3c2cnc2c(C)c([Si](C)(C)C)ccc23)cc(C)c1.[Ir]. The summed E-state index contributed by atoms with van der Waals surface area (Å²) >= 11 is 0. The fraction of sp³-hybridized carbons (Fsp3) is 0.276. The number of allylic oxidation sites excluding steroid dienone is 2. The van der Waals surface area contributed by atoms with Crippen LogP contribution in [0.15, 0.2) is 54.6 Å². The van der Waals surface area contributed by atoms with E-state index in [2.05, 4.69) is 81.8 Å². The first-order chi connectivity index (χ1) is 15.9. The number of benzene rings is 2. The third-order valence-electron chi connectivity index (χ3n) is 5.66. The molecule has 0 spiro atoms. The van der Waals surface area contributed by atoms with Crippen LogP contribution >= 0.6 is 0 Å². The molecule has 0 amide bonds. The van der Waals surface area contributed by atoms with E-state index in [1.165, 1.54) is 47.0 Å². The van der Waals surface area contributed by atoms with Gasteiger partial charge in [-0.2, -0.15) is 0 Å². The molecule has 2 heterocycles. The molecular weight excluding hydrogens is 629 g/mol. The zero-order valence-corrected chi connectivity index (χ0v) is 25.1. The molecule has 0 aliphatic heterocycles. The molecule has 0 atom stereocenters. The van der Waals surface area contributed by atoms with E-state index >= 15 is 0 Å². The quantitative estimate of drug-likeness (QED) is 0.0868. The Morgan fingerprint density at radius 1 is 0.971 bits per heavy atom. The van der Waals surface area contributed by atoms with Crippen LogP contribution in [0.2, 0.25) is 19.6 Å². The van der Waals surface area contributed by atoms with Crippen LogP contribution in [0.1, 0.15) is 30.5 Å². The summed E-state index contributed by atoms with van der Waals surface area (Å²) in [6.07, 6.45) is 5.07. The molecule has 0 saturated heterocycles. The van der Waals surface area contributed by atoms with E-state index in [4.69, 9.17) is 10.1 Å². The molecule has 0 aliphatic rings. The number of ketones is 1. The predicted molar refractivity (Wildman–Crippen MR) is 146 cm³/mol. The summed E-state index contributed by atoms with van der Waals surface area (Å²) in [5.41, 5.74) is 6.79. The first-order valence-electron chi connectivity index (χ1n) is 11.4. The summed E-state index contributed by atoms with van der Waals surface area (Å²) in [5.74, 6) is -0.0625. The summed E-state index contributed by atoms with van der Waals surface area (Å²) in [5, 5.41) is 13.4. The Labute approximate surface area is 222 Å². The molecule has 4 rings (SSSR count). The molecule has 0 saturated carbocycles. The van der Waals surface area contributed by atoms with Gasteiger partial charge in [0.05, 0.1) is 19.3 Å². The number of aliphatic hydroxyl groups excluding tert-OH is 1. The first-order valence-corrected chi connectivity index (χ1v) is 14.9. The average Bonchev–Trinajstić information content (AvgIpc) is 2.71. The van der Waals surface area contributed by atoms with Crippen molar-refractivity contribution in [1.29, 1.82) is 0 Å². The second-order valence-corrected chi connectivity index (χ2v) is 15.0. The van der Waals surface area contributed by atoms with Crippen LogP contribution in [0.25, 0.3) is 32.9 Å². The van der Waals surface area contributed by atoms with E-state index < -0.39 is 8.07 Å². The van der Waals surface area contributed by atoms with Gasteiger partial charge in [-0.1, -0.05) is 50.8 Å². The smallest absolute Gasteiger partial charge is 0.155 e. The van der Waals surface area contributed by atoms with Crippen molar-refractivity contribution < 1.29 is 30.0 Å². The molecule has 185 valence electrons. The number of fused-ring (bicyclic) bond motifs is 3. The predicted octanol–water partition coefficient (Wildman–Crippen LogP) is 6.76. The van der Waals surface area contributed by atoms with Crippen molar-refractivity contribution in [3.8, 4) is 11.3 Å². The van der Waals surface area contributed by atoms with Gasteiger partial charge in [-0.05, 0) is 48.9 Å². The first kappa shape index (κ1) is 28.6. The fourth-order valence-electron chi connectivity index (χ4n) is 4.40. The zero-order valence-electron chi connectivity index (χ0n) is 21.7. The van der Waals surface area contributed by atoms with Crippen molar-refractivity contribution in [2.45, 2.75) is 54.3 Å². The third-order valence-corrected chi connectivity index (χ3v) is 7.82. The second-order valence-electron chi connectivity index (χ2n) is 9.91. The van der Waals surface area contributed by atoms with E-state index in [-0.39, 0.29) is 31.6 Å². The number of pyridine rings is 2. The van der Waals surface area contributed by atoms with Crippen molar-refractivity contribution in [1.82, 2.24) is 9.97 Å². The molecule has 0 bridgehead atoms. The number of hydrogen-bond donors (Lipinski definition) is 1. The van der Waals surface area contributed by atoms with E-state index in [0.29, 0.717) is 0 Å². The van der Waals surface area contributed by atoms with E-state index in [1.807, 2.05) is 12.4 Å². The van der Waals surface area contributed by atoms with Crippen molar-refractivity contribution in [3.05, 3.63) is 77.3 Å². The molecule has 0 fully saturated rings. The Balaban J connectivity index is 0.000000476. The van der Waals surface area contributed by atoms with Crippen LogP contribution in [0.3, 0.4) is 0 Å². The van der Waals surface area contributed by atoms with Crippen LogP contribution < -0.4 is 5.19 Å². The van der Waals surface area contributed by atoms with Crippen LogP contribution in [-0.2, 0) is 24.9 Å². The molecule has 4 nitrogen and oxygen atoms in total. The maximum absolute atomic E-state index is 10.0. The minimum atomic E-state index is -1.40. The maximum Gasteiger partial charge on any atom is 0.155 e. The minimum Gasteiger partial charge on any atom is -0.512 e. The largest absolute Gasteiger partial charge is 0.512 e. The number of carbonyl (C=O) groups excluding carboxylic acids is 1. The number of nitrogens with zero attached hydrogens (tertiary/aromatic N) is 2. The molecule has 0 unspecified atom stereocenters. The van der Waals surface area contributed by atoms with Gasteiger partial charge >= 0.3 is 0 Å². The molecular formula is C29H33IrN2O2Si-. The average molecular weight is 662 g/mol. The fourth-order valence-corrected chi connectivity index (χ4v) is 6.22. The van der Waals surface area contributed by atoms with Crippen molar-refractivity contribution in [2.75, 3.05) is 0 Å². The molecule has 35 heavy (non-hydrogen) atoms. The number of aliphatic hydroxyl groups is 1. The summed E-state index contributed by atoms with van der Waals surface area (Å²) < 4.78 is 0. The Kier molecular flexibility index (Phi) is 9.29. The molecule has 1 N–H and O–H groups in total. The normalized spacial score (nSPS) is 11.6. The standard InChI is InChI=1S/C24H25N2Si.C5H8O2.Ir/c1-15-11-16(2)13-18(12-15)24-21-14-26-23-17(3)22(27(4,5)6)8-7-20(23)19(21)9-10-25-24;1-4(6)3-5(2)7;/h7-12,14H,1-6H3;3,6H,1-2H3;/q-1;;/b;4-3-;. The Hall–Kier alpha value is -2.66. The Morgan fingerprint density at radius 3 is 2.20 bits per heavy atom. The Bertz CT molecular complexity index is 1400. The van der Waals surface area contributed by atoms with Crippen LogP contribution in [0.5, 0.6) is 0 Å². The summed E-state index contributed by atoms with van der Waals surface area (Å²) in [7, 11) is -1.40. The maximum atomic E-state index is 10.0. The monoisotopic (exact) mass is 662 g/mol. The molecule has 6 heteroatoms. The number of aromatic nitrogens is 2. The number of hydrogen-bond acceptors (Lipinski definition) is 4. The van der Waals surface area contributed by atoms with Gasteiger partial charge in [0, 0.05) is 44.0 Å². The topological polar surface area (TPSA) is 63.1 Å². The van der Waals surface area contributed by atoms with Crippen molar-refractivity contribution >= 4 is 40.7 Å². The molecule has 1 radical (unpaired) electrons. The molecule has 2 aromatic carbocycles.